The highest BCUT2D eigenvalue weighted by molar-refractivity contribution is 5.92. The van der Waals surface area contributed by atoms with Crippen LogP contribution in [0.15, 0.2) is 54.6 Å². The van der Waals surface area contributed by atoms with E-state index in [4.69, 9.17) is 9.47 Å². The second-order valence-electron chi connectivity index (χ2n) is 5.68. The van der Waals surface area contributed by atoms with E-state index in [9.17, 15) is 4.79 Å². The van der Waals surface area contributed by atoms with Gasteiger partial charge in [-0.2, -0.15) is 0 Å². The molecule has 0 aliphatic heterocycles. The molecule has 0 aliphatic rings. The summed E-state index contributed by atoms with van der Waals surface area (Å²) in [4.78, 5) is 11.8. The van der Waals surface area contributed by atoms with Gasteiger partial charge in [0.15, 0.2) is 0 Å². The first kappa shape index (κ1) is 19.0. The van der Waals surface area contributed by atoms with Crippen molar-refractivity contribution in [1.82, 2.24) is 5.32 Å². The van der Waals surface area contributed by atoms with Crippen LogP contribution >= 0.6 is 0 Å². The fourth-order valence-electron chi connectivity index (χ4n) is 2.36. The minimum atomic E-state index is -0.0858. The van der Waals surface area contributed by atoms with Crippen molar-refractivity contribution < 1.29 is 14.3 Å². The predicted molar refractivity (Wildman–Crippen MR) is 100 cm³/mol. The zero-order valence-electron chi connectivity index (χ0n) is 14.7. The van der Waals surface area contributed by atoms with Crippen molar-refractivity contribution in [2.75, 3.05) is 38.7 Å². The van der Waals surface area contributed by atoms with Crippen LogP contribution in [0.2, 0.25) is 0 Å². The molecule has 0 aromatic heterocycles. The molecular formula is C20H26N2O3. The predicted octanol–water partition coefficient (Wildman–Crippen LogP) is 2.87. The van der Waals surface area contributed by atoms with Gasteiger partial charge in [-0.25, -0.2) is 0 Å². The van der Waals surface area contributed by atoms with Crippen molar-refractivity contribution in [1.29, 1.82) is 0 Å². The van der Waals surface area contributed by atoms with Crippen LogP contribution in [0.4, 0.5) is 5.69 Å². The number of ether oxygens (including phenoxy) is 2. The van der Waals surface area contributed by atoms with E-state index in [1.165, 1.54) is 5.56 Å². The molecule has 0 saturated carbocycles. The van der Waals surface area contributed by atoms with Gasteiger partial charge in [-0.3, -0.25) is 4.79 Å². The average Bonchev–Trinajstić information content (AvgIpc) is 2.64. The standard InChI is InChI=1S/C20H26N2O3/c1-24-14-12-21-16-20(23)22-18-10-5-11-19(15-18)25-13-6-9-17-7-3-2-4-8-17/h2-5,7-8,10-11,15,21H,6,9,12-14,16H2,1H3,(H,22,23). The first-order valence-electron chi connectivity index (χ1n) is 8.54. The molecule has 2 aromatic rings. The van der Waals surface area contributed by atoms with Crippen LogP contribution in [0.3, 0.4) is 0 Å². The number of rotatable bonds is 11. The highest BCUT2D eigenvalue weighted by atomic mass is 16.5. The van der Waals surface area contributed by atoms with Crippen LogP contribution in [0.25, 0.3) is 0 Å². The summed E-state index contributed by atoms with van der Waals surface area (Å²) >= 11 is 0. The van der Waals surface area contributed by atoms with Crippen molar-refractivity contribution in [2.24, 2.45) is 0 Å². The van der Waals surface area contributed by atoms with E-state index in [1.54, 1.807) is 7.11 Å². The Hall–Kier alpha value is -2.37. The number of carbonyl (C=O) groups is 1. The highest BCUT2D eigenvalue weighted by Gasteiger charge is 2.03. The maximum Gasteiger partial charge on any atom is 0.238 e. The number of benzene rings is 2. The first-order chi connectivity index (χ1) is 12.3. The lowest BCUT2D eigenvalue weighted by Crippen LogP contribution is -2.30. The van der Waals surface area contributed by atoms with Crippen molar-refractivity contribution in [3.8, 4) is 5.75 Å². The molecule has 0 unspecified atom stereocenters. The maximum atomic E-state index is 11.8. The summed E-state index contributed by atoms with van der Waals surface area (Å²) in [5, 5.41) is 5.86. The van der Waals surface area contributed by atoms with Crippen LogP contribution in [0.1, 0.15) is 12.0 Å². The zero-order chi connectivity index (χ0) is 17.7. The molecule has 134 valence electrons. The average molecular weight is 342 g/mol. The maximum absolute atomic E-state index is 11.8. The molecule has 2 aromatic carbocycles. The molecular weight excluding hydrogens is 316 g/mol. The highest BCUT2D eigenvalue weighted by Crippen LogP contribution is 2.17. The lowest BCUT2D eigenvalue weighted by molar-refractivity contribution is -0.115. The molecule has 1 amide bonds. The molecule has 0 fully saturated rings. The smallest absolute Gasteiger partial charge is 0.238 e. The summed E-state index contributed by atoms with van der Waals surface area (Å²) in [5.41, 5.74) is 2.05. The Bertz CT molecular complexity index is 632. The minimum absolute atomic E-state index is 0.0858. The summed E-state index contributed by atoms with van der Waals surface area (Å²) in [5.74, 6) is 0.676. The summed E-state index contributed by atoms with van der Waals surface area (Å²) in [6, 6.07) is 17.8. The SMILES string of the molecule is COCCNCC(=O)Nc1cccc(OCCCc2ccccc2)c1. The third-order valence-electron chi connectivity index (χ3n) is 3.61. The van der Waals surface area contributed by atoms with Crippen molar-refractivity contribution in [3.63, 3.8) is 0 Å². The molecule has 25 heavy (non-hydrogen) atoms. The second-order valence-corrected chi connectivity index (χ2v) is 5.68. The van der Waals surface area contributed by atoms with Crippen LogP contribution in [-0.4, -0.2) is 39.3 Å². The molecule has 0 spiro atoms. The first-order valence-corrected chi connectivity index (χ1v) is 8.54. The molecule has 0 radical (unpaired) electrons. The lowest BCUT2D eigenvalue weighted by Gasteiger charge is -2.10. The number of aryl methyl sites for hydroxylation is 1. The van der Waals surface area contributed by atoms with Crippen molar-refractivity contribution in [3.05, 3.63) is 60.2 Å². The van der Waals surface area contributed by atoms with Crippen LogP contribution in [0.5, 0.6) is 5.75 Å². The number of amides is 1. The number of hydrogen-bond donors (Lipinski definition) is 2. The van der Waals surface area contributed by atoms with Gasteiger partial charge < -0.3 is 20.1 Å². The molecule has 0 heterocycles. The normalized spacial score (nSPS) is 10.4. The molecule has 0 bridgehead atoms. The largest absolute Gasteiger partial charge is 0.494 e. The van der Waals surface area contributed by atoms with E-state index >= 15 is 0 Å². The fourth-order valence-corrected chi connectivity index (χ4v) is 2.36. The molecule has 5 nitrogen and oxygen atoms in total. The number of anilines is 1. The third kappa shape index (κ3) is 7.83. The fraction of sp³-hybridized carbons (Fsp3) is 0.350. The van der Waals surface area contributed by atoms with Gasteiger partial charge in [0.1, 0.15) is 5.75 Å². The Morgan fingerprint density at radius 1 is 1.04 bits per heavy atom. The van der Waals surface area contributed by atoms with E-state index in [-0.39, 0.29) is 12.5 Å². The van der Waals surface area contributed by atoms with Gasteiger partial charge in [0.2, 0.25) is 5.91 Å². The molecule has 2 rings (SSSR count). The van der Waals surface area contributed by atoms with Gasteiger partial charge in [-0.05, 0) is 30.5 Å². The molecule has 2 N–H and O–H groups in total. The Labute approximate surface area is 149 Å². The number of methoxy groups -OCH3 is 1. The summed E-state index contributed by atoms with van der Waals surface area (Å²) < 4.78 is 10.7. The summed E-state index contributed by atoms with van der Waals surface area (Å²) in [6.45, 7) is 2.13. The van der Waals surface area contributed by atoms with Gasteiger partial charge in [0, 0.05) is 25.4 Å². The van der Waals surface area contributed by atoms with Gasteiger partial charge in [0.25, 0.3) is 0 Å². The Balaban J connectivity index is 1.70. The van der Waals surface area contributed by atoms with E-state index in [0.717, 1.165) is 24.3 Å². The number of carbonyl (C=O) groups excluding carboxylic acids is 1. The Morgan fingerprint density at radius 2 is 1.88 bits per heavy atom. The quantitative estimate of drug-likeness (QED) is 0.617. The van der Waals surface area contributed by atoms with Crippen LogP contribution < -0.4 is 15.4 Å². The second kappa shape index (κ2) is 11.2. The summed E-state index contributed by atoms with van der Waals surface area (Å²) in [6.07, 6.45) is 1.94. The van der Waals surface area contributed by atoms with E-state index in [0.29, 0.717) is 19.8 Å². The topological polar surface area (TPSA) is 59.6 Å². The monoisotopic (exact) mass is 342 g/mol. The van der Waals surface area contributed by atoms with Gasteiger partial charge in [-0.15, -0.1) is 0 Å². The van der Waals surface area contributed by atoms with E-state index < -0.39 is 0 Å². The zero-order valence-corrected chi connectivity index (χ0v) is 14.7. The Kier molecular flexibility index (Phi) is 8.52. The van der Waals surface area contributed by atoms with E-state index in [2.05, 4.69) is 22.8 Å². The lowest BCUT2D eigenvalue weighted by atomic mass is 10.1. The molecule has 5 heteroatoms. The van der Waals surface area contributed by atoms with Gasteiger partial charge in [-0.1, -0.05) is 36.4 Å². The van der Waals surface area contributed by atoms with Gasteiger partial charge >= 0.3 is 0 Å². The number of hydrogen-bond acceptors (Lipinski definition) is 4. The minimum Gasteiger partial charge on any atom is -0.494 e. The van der Waals surface area contributed by atoms with E-state index in [1.807, 2.05) is 42.5 Å². The third-order valence-corrected chi connectivity index (χ3v) is 3.61. The molecule has 0 saturated heterocycles. The molecule has 0 atom stereocenters. The number of nitrogens with one attached hydrogen (secondary N) is 2. The van der Waals surface area contributed by atoms with Crippen LogP contribution in [0, 0.1) is 0 Å². The van der Waals surface area contributed by atoms with Crippen molar-refractivity contribution in [2.45, 2.75) is 12.8 Å². The Morgan fingerprint density at radius 3 is 2.68 bits per heavy atom. The van der Waals surface area contributed by atoms with Crippen LogP contribution in [-0.2, 0) is 16.0 Å². The van der Waals surface area contributed by atoms with Crippen molar-refractivity contribution >= 4 is 11.6 Å². The summed E-state index contributed by atoms with van der Waals surface area (Å²) in [7, 11) is 1.63. The van der Waals surface area contributed by atoms with Gasteiger partial charge in [0.05, 0.1) is 19.8 Å². The molecule has 0 aliphatic carbocycles.